The summed E-state index contributed by atoms with van der Waals surface area (Å²) in [4.78, 5) is 38.3. The van der Waals surface area contributed by atoms with Crippen molar-refractivity contribution in [2.24, 2.45) is 5.14 Å². The average molecular weight is 691 g/mol. The van der Waals surface area contributed by atoms with Gasteiger partial charge in [-0.2, -0.15) is 4.98 Å². The molecule has 2 aromatic carbocycles. The fraction of sp³-hybridized carbons (Fsp3) is 0.333. The van der Waals surface area contributed by atoms with Crippen LogP contribution in [0.2, 0.25) is 10.0 Å². The summed E-state index contributed by atoms with van der Waals surface area (Å²) in [5.74, 6) is 0.766. The number of sulfonamides is 1. The van der Waals surface area contributed by atoms with Crippen LogP contribution in [0.5, 0.6) is 11.5 Å². The van der Waals surface area contributed by atoms with E-state index in [1.807, 2.05) is 0 Å². The number of carbonyl (C=O) groups excluding carboxylic acids is 2. The van der Waals surface area contributed by atoms with Crippen LogP contribution in [-0.4, -0.2) is 56.6 Å². The van der Waals surface area contributed by atoms with Crippen LogP contribution in [0.1, 0.15) is 36.8 Å². The normalized spacial score (nSPS) is 18.1. The van der Waals surface area contributed by atoms with Gasteiger partial charge < -0.3 is 20.1 Å². The first kappa shape index (κ1) is 33.3. The number of nitrogens with one attached hydrogen (secondary N) is 2. The number of primary sulfonamides is 1. The maximum atomic E-state index is 14.4. The van der Waals surface area contributed by atoms with E-state index in [1.165, 1.54) is 54.4 Å². The van der Waals surface area contributed by atoms with Gasteiger partial charge in [0.15, 0.2) is 0 Å². The van der Waals surface area contributed by atoms with Gasteiger partial charge in [-0.1, -0.05) is 54.8 Å². The van der Waals surface area contributed by atoms with Crippen molar-refractivity contribution in [2.75, 3.05) is 29.3 Å². The Bertz CT molecular complexity index is 1760. The van der Waals surface area contributed by atoms with E-state index < -0.39 is 16.1 Å². The predicted molar refractivity (Wildman–Crippen MR) is 175 cm³/mol. The van der Waals surface area contributed by atoms with Gasteiger partial charge in [0.25, 0.3) is 0 Å². The molecule has 0 spiro atoms. The van der Waals surface area contributed by atoms with Crippen molar-refractivity contribution in [1.82, 2.24) is 15.3 Å². The van der Waals surface area contributed by atoms with Gasteiger partial charge in [-0.05, 0) is 36.6 Å². The summed E-state index contributed by atoms with van der Waals surface area (Å²) >= 11 is 13.4. The average Bonchev–Trinajstić information content (AvgIpc) is 3.03. The lowest BCUT2D eigenvalue weighted by molar-refractivity contribution is -0.117. The molecule has 0 bridgehead atoms. The number of halogens is 2. The molecule has 13 nitrogen and oxygen atoms in total. The molecule has 2 aliphatic rings. The number of fused-ring (bicyclic) bond motifs is 1. The molecule has 46 heavy (non-hydrogen) atoms. The second-order valence-electron chi connectivity index (χ2n) is 10.8. The molecule has 1 aliphatic heterocycles. The molecule has 2 atom stereocenters. The molecule has 0 radical (unpaired) electrons. The molecule has 0 unspecified atom stereocenters. The van der Waals surface area contributed by atoms with Gasteiger partial charge >= 0.3 is 6.03 Å². The number of rotatable bonds is 10. The van der Waals surface area contributed by atoms with Crippen molar-refractivity contribution in [3.8, 4) is 11.5 Å². The quantitative estimate of drug-likeness (QED) is 0.257. The van der Waals surface area contributed by atoms with Gasteiger partial charge in [0, 0.05) is 29.9 Å². The van der Waals surface area contributed by atoms with E-state index in [2.05, 4.69) is 22.2 Å². The van der Waals surface area contributed by atoms with Crippen LogP contribution >= 0.6 is 23.2 Å². The third-order valence-electron chi connectivity index (χ3n) is 7.87. The Labute approximate surface area is 276 Å². The highest BCUT2D eigenvalue weighted by atomic mass is 35.5. The van der Waals surface area contributed by atoms with Crippen LogP contribution in [0.3, 0.4) is 0 Å². The Kier molecular flexibility index (Phi) is 9.91. The summed E-state index contributed by atoms with van der Waals surface area (Å²) < 4.78 is 35.0. The minimum atomic E-state index is -4.01. The molecule has 16 heteroatoms. The number of benzene rings is 2. The van der Waals surface area contributed by atoms with Crippen LogP contribution in [0, 0.1) is 0 Å². The molecular formula is C30H33Cl2N7O6S. The highest BCUT2D eigenvalue weighted by Gasteiger charge is 2.37. The van der Waals surface area contributed by atoms with Crippen molar-refractivity contribution < 1.29 is 27.5 Å². The number of ether oxygens (including phenoxy) is 2. The zero-order valence-corrected chi connectivity index (χ0v) is 27.5. The first-order valence-corrected chi connectivity index (χ1v) is 16.6. The molecule has 1 fully saturated rings. The maximum absolute atomic E-state index is 14.4. The third-order valence-corrected chi connectivity index (χ3v) is 9.51. The van der Waals surface area contributed by atoms with Gasteiger partial charge in [-0.3, -0.25) is 14.6 Å². The number of hydrogen-bond acceptors (Lipinski definition) is 9. The van der Waals surface area contributed by atoms with Crippen LogP contribution in [0.15, 0.2) is 54.1 Å². The fourth-order valence-electron chi connectivity index (χ4n) is 5.60. The lowest BCUT2D eigenvalue weighted by Gasteiger charge is -2.37. The van der Waals surface area contributed by atoms with Crippen LogP contribution < -0.4 is 35.0 Å². The minimum Gasteiger partial charge on any atom is -0.495 e. The number of hydrogen-bond donors (Lipinski definition) is 3. The van der Waals surface area contributed by atoms with E-state index in [0.717, 1.165) is 25.7 Å². The number of methoxy groups -OCH3 is 2. The first-order chi connectivity index (χ1) is 21.9. The van der Waals surface area contributed by atoms with E-state index in [0.29, 0.717) is 16.9 Å². The second-order valence-corrected chi connectivity index (χ2v) is 13.1. The first-order valence-electron chi connectivity index (χ1n) is 14.3. The van der Waals surface area contributed by atoms with Crippen molar-refractivity contribution in [3.05, 3.63) is 70.4 Å². The third kappa shape index (κ3) is 6.84. The van der Waals surface area contributed by atoms with Gasteiger partial charge in [-0.15, -0.1) is 0 Å². The molecule has 2 heterocycles. The molecule has 0 saturated heterocycles. The number of urea groups is 1. The van der Waals surface area contributed by atoms with Crippen molar-refractivity contribution in [3.63, 3.8) is 0 Å². The summed E-state index contributed by atoms with van der Waals surface area (Å²) in [7, 11) is -1.15. The van der Waals surface area contributed by atoms with Gasteiger partial charge in [0.1, 0.15) is 27.4 Å². The molecule has 1 aliphatic carbocycles. The lowest BCUT2D eigenvalue weighted by atomic mass is 9.90. The zero-order chi connectivity index (χ0) is 33.2. The SMILES string of the molecule is C=CC(=O)N[C@H]1CCCC[C@H]1Nc1ncc2c(n1)N(Cc1cccc(S(N)(=O)=O)c1)C(=O)N(c1c(Cl)c(OC)cc(OC)c1Cl)C2. The molecule has 3 amide bonds. The Hall–Kier alpha value is -4.11. The van der Waals surface area contributed by atoms with Crippen molar-refractivity contribution in [2.45, 2.75) is 55.8 Å². The summed E-state index contributed by atoms with van der Waals surface area (Å²) in [6, 6.07) is 6.62. The molecular weight excluding hydrogens is 657 g/mol. The van der Waals surface area contributed by atoms with Gasteiger partial charge in [-0.25, -0.2) is 23.3 Å². The van der Waals surface area contributed by atoms with E-state index in [9.17, 15) is 18.0 Å². The zero-order valence-electron chi connectivity index (χ0n) is 25.1. The number of carbonyl (C=O) groups is 2. The van der Waals surface area contributed by atoms with E-state index in [4.69, 9.17) is 42.8 Å². The Morgan fingerprint density at radius 2 is 1.80 bits per heavy atom. The fourth-order valence-corrected chi connectivity index (χ4v) is 6.89. The van der Waals surface area contributed by atoms with E-state index >= 15 is 0 Å². The van der Waals surface area contributed by atoms with Crippen LogP contribution in [0.4, 0.5) is 22.2 Å². The number of amides is 3. The van der Waals surface area contributed by atoms with Crippen LogP contribution in [-0.2, 0) is 27.9 Å². The molecule has 4 N–H and O–H groups in total. The van der Waals surface area contributed by atoms with Crippen molar-refractivity contribution in [1.29, 1.82) is 0 Å². The summed E-state index contributed by atoms with van der Waals surface area (Å²) in [5.41, 5.74) is 1.19. The summed E-state index contributed by atoms with van der Waals surface area (Å²) in [6.07, 6.45) is 6.28. The molecule has 3 aromatic rings. The number of anilines is 3. The lowest BCUT2D eigenvalue weighted by Crippen LogP contribution is -2.49. The van der Waals surface area contributed by atoms with Crippen LogP contribution in [0.25, 0.3) is 0 Å². The van der Waals surface area contributed by atoms with Crippen molar-refractivity contribution >= 4 is 62.6 Å². The number of aromatic nitrogens is 2. The smallest absolute Gasteiger partial charge is 0.330 e. The molecule has 1 aromatic heterocycles. The monoisotopic (exact) mass is 689 g/mol. The molecule has 5 rings (SSSR count). The van der Waals surface area contributed by atoms with E-state index in [1.54, 1.807) is 12.3 Å². The van der Waals surface area contributed by atoms with E-state index in [-0.39, 0.29) is 69.2 Å². The summed E-state index contributed by atoms with van der Waals surface area (Å²) in [5, 5.41) is 11.9. The highest BCUT2D eigenvalue weighted by molar-refractivity contribution is 7.89. The maximum Gasteiger partial charge on any atom is 0.330 e. The second kappa shape index (κ2) is 13.7. The number of nitrogens with zero attached hydrogens (tertiary/aromatic N) is 4. The molecule has 1 saturated carbocycles. The standard InChI is InChI=1S/C30H33Cl2N7O6S/c1-4-24(40)35-20-10-5-6-11-21(20)36-29-34-14-18-16-38(27-25(31)22(44-2)13-23(45-3)26(27)32)30(41)39(28(18)37-29)15-17-8-7-9-19(12-17)46(33,42)43/h4,7-9,12-14,20-21H,1,5-6,10-11,15-16H2,2-3H3,(H,35,40)(H2,33,42,43)(H,34,36,37)/t20-,21+/m0/s1. The Morgan fingerprint density at radius 1 is 1.13 bits per heavy atom. The van der Waals surface area contributed by atoms with Gasteiger partial charge in [0.05, 0.1) is 37.9 Å². The topological polar surface area (TPSA) is 169 Å². The largest absolute Gasteiger partial charge is 0.495 e. The Morgan fingerprint density at radius 3 is 2.43 bits per heavy atom. The molecule has 244 valence electrons. The summed E-state index contributed by atoms with van der Waals surface area (Å²) in [6.45, 7) is 3.46. The Balaban J connectivity index is 1.57. The number of nitrogens with two attached hydrogens (primary N) is 1. The van der Waals surface area contributed by atoms with Gasteiger partial charge in [0.2, 0.25) is 21.9 Å². The minimum absolute atomic E-state index is 0.000622. The predicted octanol–water partition coefficient (Wildman–Crippen LogP) is 4.62. The highest BCUT2D eigenvalue weighted by Crippen LogP contribution is 2.48.